The van der Waals surface area contributed by atoms with Gasteiger partial charge in [0.1, 0.15) is 5.75 Å². The van der Waals surface area contributed by atoms with Gasteiger partial charge >= 0.3 is 5.69 Å². The predicted octanol–water partition coefficient (Wildman–Crippen LogP) is 2.92. The maximum atomic E-state index is 12.0. The fraction of sp³-hybridized carbons (Fsp3) is 0.444. The van der Waals surface area contributed by atoms with Crippen LogP contribution in [-0.2, 0) is 6.42 Å². The largest absolute Gasteiger partial charge is 0.493 e. The van der Waals surface area contributed by atoms with E-state index in [4.69, 9.17) is 4.74 Å². The molecule has 124 valence electrons. The van der Waals surface area contributed by atoms with Gasteiger partial charge in [-0.15, -0.1) is 0 Å². The summed E-state index contributed by atoms with van der Waals surface area (Å²) in [7, 11) is 0. The Balaban J connectivity index is 2.12. The first-order valence-corrected chi connectivity index (χ1v) is 8.14. The van der Waals surface area contributed by atoms with Crippen molar-refractivity contribution in [2.45, 2.75) is 46.0 Å². The normalized spacial score (nSPS) is 10.7. The second-order valence-electron chi connectivity index (χ2n) is 5.71. The number of hydrogen-bond acceptors (Lipinski definition) is 3. The highest BCUT2D eigenvalue weighted by atomic mass is 16.5. The summed E-state index contributed by atoms with van der Waals surface area (Å²) < 4.78 is 5.88. The van der Waals surface area contributed by atoms with Gasteiger partial charge in [-0.05, 0) is 25.0 Å². The average Bonchev–Trinajstić information content (AvgIpc) is 2.52. The van der Waals surface area contributed by atoms with Gasteiger partial charge in [-0.3, -0.25) is 9.78 Å². The summed E-state index contributed by atoms with van der Waals surface area (Å²) in [5.74, 6) is 0.800. The lowest BCUT2D eigenvalue weighted by Gasteiger charge is -2.12. The number of aromatic nitrogens is 2. The van der Waals surface area contributed by atoms with Gasteiger partial charge in [-0.1, -0.05) is 44.4 Å². The van der Waals surface area contributed by atoms with Gasteiger partial charge in [-0.25, -0.2) is 4.79 Å². The minimum absolute atomic E-state index is 0.344. The molecule has 0 atom stereocenters. The van der Waals surface area contributed by atoms with E-state index in [9.17, 15) is 9.59 Å². The number of para-hydroxylation sites is 1. The van der Waals surface area contributed by atoms with Crippen molar-refractivity contribution in [1.82, 2.24) is 9.97 Å². The fourth-order valence-corrected chi connectivity index (χ4v) is 2.53. The summed E-state index contributed by atoms with van der Waals surface area (Å²) in [6.07, 6.45) is 5.04. The van der Waals surface area contributed by atoms with Crippen LogP contribution in [0.15, 0.2) is 33.9 Å². The van der Waals surface area contributed by atoms with E-state index in [0.29, 0.717) is 24.3 Å². The third-order valence-electron chi connectivity index (χ3n) is 3.85. The molecule has 0 unspecified atom stereocenters. The van der Waals surface area contributed by atoms with Crippen molar-refractivity contribution < 1.29 is 4.74 Å². The highest BCUT2D eigenvalue weighted by Crippen LogP contribution is 2.21. The third kappa shape index (κ3) is 4.84. The molecule has 0 spiro atoms. The van der Waals surface area contributed by atoms with Crippen LogP contribution in [-0.4, -0.2) is 16.6 Å². The molecule has 2 aromatic rings. The van der Waals surface area contributed by atoms with Crippen LogP contribution in [0.4, 0.5) is 0 Å². The minimum atomic E-state index is -0.475. The molecule has 0 aliphatic carbocycles. The van der Waals surface area contributed by atoms with Gasteiger partial charge in [0.05, 0.1) is 6.61 Å². The lowest BCUT2D eigenvalue weighted by molar-refractivity contribution is 0.302. The molecular weight excluding hydrogens is 292 g/mol. The molecule has 0 radical (unpaired) electrons. The minimum Gasteiger partial charge on any atom is -0.493 e. The molecule has 0 fully saturated rings. The summed E-state index contributed by atoms with van der Waals surface area (Å²) in [4.78, 5) is 28.2. The molecule has 1 heterocycles. The first-order valence-electron chi connectivity index (χ1n) is 8.14. The Bertz CT molecular complexity index is 746. The zero-order chi connectivity index (χ0) is 16.7. The second-order valence-corrected chi connectivity index (χ2v) is 5.71. The number of benzene rings is 1. The monoisotopic (exact) mass is 316 g/mol. The molecule has 0 saturated heterocycles. The quantitative estimate of drug-likeness (QED) is 0.735. The number of hydrogen-bond donors (Lipinski definition) is 2. The number of ether oxygens (including phenoxy) is 1. The highest BCUT2D eigenvalue weighted by Gasteiger charge is 2.10. The van der Waals surface area contributed by atoms with Crippen molar-refractivity contribution in [2.75, 3.05) is 6.61 Å². The van der Waals surface area contributed by atoms with Crippen molar-refractivity contribution in [2.24, 2.45) is 0 Å². The van der Waals surface area contributed by atoms with E-state index in [0.717, 1.165) is 24.2 Å². The Morgan fingerprint density at radius 3 is 2.57 bits per heavy atom. The van der Waals surface area contributed by atoms with E-state index in [1.54, 1.807) is 6.92 Å². The maximum absolute atomic E-state index is 12.0. The summed E-state index contributed by atoms with van der Waals surface area (Å²) in [5, 5.41) is 0. The van der Waals surface area contributed by atoms with Crippen LogP contribution in [0.25, 0.3) is 0 Å². The molecule has 2 N–H and O–H groups in total. The maximum Gasteiger partial charge on any atom is 0.325 e. The number of aromatic amines is 2. The Hall–Kier alpha value is -2.30. The summed E-state index contributed by atoms with van der Waals surface area (Å²) >= 11 is 0. The van der Waals surface area contributed by atoms with Crippen molar-refractivity contribution in [1.29, 1.82) is 0 Å². The van der Waals surface area contributed by atoms with Gasteiger partial charge in [0.15, 0.2) is 0 Å². The summed E-state index contributed by atoms with van der Waals surface area (Å²) in [6.45, 7) is 4.60. The standard InChI is InChI=1S/C18H24N2O3/c1-3-4-5-8-11-23-16-10-7-6-9-14(16)12-15-13(2)19-18(22)20-17(15)21/h6-7,9-10H,3-5,8,11-12H2,1-2H3,(H2,19,20,21,22). The molecule has 0 saturated carbocycles. The molecule has 0 bridgehead atoms. The number of H-pyrrole nitrogens is 2. The van der Waals surface area contributed by atoms with Gasteiger partial charge in [0, 0.05) is 17.7 Å². The lowest BCUT2D eigenvalue weighted by atomic mass is 10.0. The first-order chi connectivity index (χ1) is 11.1. The summed E-state index contributed by atoms with van der Waals surface area (Å²) in [5.41, 5.74) is 1.28. The van der Waals surface area contributed by atoms with Crippen LogP contribution in [0.5, 0.6) is 5.75 Å². The smallest absolute Gasteiger partial charge is 0.325 e. The van der Waals surface area contributed by atoms with Crippen LogP contribution in [0.1, 0.15) is 49.4 Å². The van der Waals surface area contributed by atoms with E-state index in [-0.39, 0.29) is 5.56 Å². The molecule has 23 heavy (non-hydrogen) atoms. The average molecular weight is 316 g/mol. The van der Waals surface area contributed by atoms with Crippen LogP contribution in [0, 0.1) is 6.92 Å². The van der Waals surface area contributed by atoms with Gasteiger partial charge in [0.2, 0.25) is 0 Å². The van der Waals surface area contributed by atoms with Crippen molar-refractivity contribution in [3.63, 3.8) is 0 Å². The van der Waals surface area contributed by atoms with E-state index < -0.39 is 5.69 Å². The molecule has 0 amide bonds. The molecule has 1 aromatic heterocycles. The molecule has 5 nitrogen and oxygen atoms in total. The van der Waals surface area contributed by atoms with E-state index >= 15 is 0 Å². The second kappa shape index (κ2) is 8.36. The van der Waals surface area contributed by atoms with Crippen molar-refractivity contribution in [3.05, 3.63) is 61.9 Å². The molecule has 2 rings (SSSR count). The van der Waals surface area contributed by atoms with Gasteiger partial charge in [0.25, 0.3) is 5.56 Å². The number of rotatable bonds is 8. The predicted molar refractivity (Wildman–Crippen MR) is 91.3 cm³/mol. The molecule has 0 aliphatic heterocycles. The lowest BCUT2D eigenvalue weighted by Crippen LogP contribution is -2.27. The fourth-order valence-electron chi connectivity index (χ4n) is 2.53. The zero-order valence-corrected chi connectivity index (χ0v) is 13.8. The van der Waals surface area contributed by atoms with Crippen LogP contribution < -0.4 is 16.0 Å². The van der Waals surface area contributed by atoms with Crippen molar-refractivity contribution >= 4 is 0 Å². The Morgan fingerprint density at radius 2 is 1.83 bits per heavy atom. The Labute approximate surface area is 135 Å². The van der Waals surface area contributed by atoms with E-state index in [1.807, 2.05) is 24.3 Å². The Kier molecular flexibility index (Phi) is 6.20. The first kappa shape index (κ1) is 17.1. The third-order valence-corrected chi connectivity index (χ3v) is 3.85. The molecular formula is C18H24N2O3. The SMILES string of the molecule is CCCCCCOc1ccccc1Cc1c(C)[nH]c(=O)[nH]c1=O. The number of nitrogens with one attached hydrogen (secondary N) is 2. The van der Waals surface area contributed by atoms with Gasteiger partial charge in [-0.2, -0.15) is 0 Å². The molecule has 0 aliphatic rings. The van der Waals surface area contributed by atoms with Gasteiger partial charge < -0.3 is 9.72 Å². The number of unbranched alkanes of at least 4 members (excludes halogenated alkanes) is 3. The van der Waals surface area contributed by atoms with E-state index in [2.05, 4.69) is 16.9 Å². The highest BCUT2D eigenvalue weighted by molar-refractivity contribution is 5.37. The zero-order valence-electron chi connectivity index (χ0n) is 13.8. The van der Waals surface area contributed by atoms with Crippen LogP contribution in [0.2, 0.25) is 0 Å². The number of aryl methyl sites for hydroxylation is 1. The van der Waals surface area contributed by atoms with Crippen LogP contribution >= 0.6 is 0 Å². The molecule has 5 heteroatoms. The Morgan fingerprint density at radius 1 is 1.04 bits per heavy atom. The summed E-state index contributed by atoms with van der Waals surface area (Å²) in [6, 6.07) is 7.72. The van der Waals surface area contributed by atoms with E-state index in [1.165, 1.54) is 12.8 Å². The van der Waals surface area contributed by atoms with Crippen LogP contribution in [0.3, 0.4) is 0 Å². The molecule has 1 aromatic carbocycles. The van der Waals surface area contributed by atoms with Crippen molar-refractivity contribution in [3.8, 4) is 5.75 Å². The topological polar surface area (TPSA) is 75.0 Å².